The molecule has 4 heterocycles. The minimum Gasteiger partial charge on any atom is -0.496 e. The van der Waals surface area contributed by atoms with Crippen molar-refractivity contribution in [2.24, 2.45) is 0 Å². The van der Waals surface area contributed by atoms with E-state index >= 15 is 0 Å². The summed E-state index contributed by atoms with van der Waals surface area (Å²) in [6.07, 6.45) is 1.72. The Hall–Kier alpha value is -2.88. The average Bonchev–Trinajstić information content (AvgIpc) is 2.92. The van der Waals surface area contributed by atoms with Crippen LogP contribution < -0.4 is 5.56 Å². The van der Waals surface area contributed by atoms with Crippen molar-refractivity contribution in [3.05, 3.63) is 69.7 Å². The maximum atomic E-state index is 12.8. The zero-order chi connectivity index (χ0) is 15.6. The third kappa shape index (κ3) is 1.66. The monoisotopic (exact) mass is 302 g/mol. The molecule has 0 fully saturated rings. The van der Waals surface area contributed by atoms with Gasteiger partial charge in [-0.2, -0.15) is 0 Å². The molecule has 0 radical (unpaired) electrons. The summed E-state index contributed by atoms with van der Waals surface area (Å²) in [6.45, 7) is 2.90. The van der Waals surface area contributed by atoms with Crippen molar-refractivity contribution in [2.45, 2.75) is 20.1 Å². The highest BCUT2D eigenvalue weighted by Crippen LogP contribution is 2.34. The number of nitrogens with zero attached hydrogens (tertiary/aromatic N) is 2. The third-order valence-electron chi connectivity index (χ3n) is 4.69. The maximum Gasteiger partial charge on any atom is 0.258 e. The van der Waals surface area contributed by atoms with Crippen LogP contribution in [0.5, 0.6) is 0 Å². The Morgan fingerprint density at radius 3 is 3.00 bits per heavy atom. The first-order valence-corrected chi connectivity index (χ1v) is 7.67. The van der Waals surface area contributed by atoms with Crippen LogP contribution in [-0.4, -0.2) is 9.55 Å². The summed E-state index contributed by atoms with van der Waals surface area (Å²) in [5.41, 5.74) is 6.63. The van der Waals surface area contributed by atoms with Gasteiger partial charge in [0.25, 0.3) is 5.56 Å². The lowest BCUT2D eigenvalue weighted by molar-refractivity contribution is 0.230. The molecule has 2 aliphatic heterocycles. The number of aromatic nitrogens is 2. The van der Waals surface area contributed by atoms with Crippen LogP contribution in [0.1, 0.15) is 23.6 Å². The molecule has 112 valence electrons. The summed E-state index contributed by atoms with van der Waals surface area (Å²) in [5.74, 6) is 0. The Kier molecular flexibility index (Phi) is 2.37. The van der Waals surface area contributed by atoms with Gasteiger partial charge in [-0.3, -0.25) is 4.79 Å². The third-order valence-corrected chi connectivity index (χ3v) is 4.69. The molecule has 3 aromatic rings. The molecular weight excluding hydrogens is 288 g/mol. The first-order chi connectivity index (χ1) is 11.2. The zero-order valence-electron chi connectivity index (χ0n) is 12.7. The van der Waals surface area contributed by atoms with Crippen LogP contribution in [0, 0.1) is 0 Å². The fourth-order valence-electron chi connectivity index (χ4n) is 3.52. The van der Waals surface area contributed by atoms with Gasteiger partial charge in [-0.25, -0.2) is 4.98 Å². The number of rotatable bonds is 0. The van der Waals surface area contributed by atoms with Crippen molar-refractivity contribution < 1.29 is 4.74 Å². The molecular formula is C19H14N2O2. The number of hydrogen-bond donors (Lipinski definition) is 0. The van der Waals surface area contributed by atoms with Crippen molar-refractivity contribution in [3.63, 3.8) is 0 Å². The Morgan fingerprint density at radius 1 is 1.22 bits per heavy atom. The summed E-state index contributed by atoms with van der Waals surface area (Å²) in [6, 6.07) is 12.3. The van der Waals surface area contributed by atoms with Gasteiger partial charge in [0.1, 0.15) is 6.61 Å². The molecule has 4 nitrogen and oxygen atoms in total. The van der Waals surface area contributed by atoms with E-state index in [1.165, 1.54) is 0 Å². The van der Waals surface area contributed by atoms with E-state index in [0.717, 1.165) is 44.6 Å². The molecule has 1 aromatic carbocycles. The van der Waals surface area contributed by atoms with Gasteiger partial charge < -0.3 is 9.30 Å². The van der Waals surface area contributed by atoms with Gasteiger partial charge in [-0.1, -0.05) is 18.2 Å². The Bertz CT molecular complexity index is 1080. The summed E-state index contributed by atoms with van der Waals surface area (Å²) in [4.78, 5) is 17.6. The van der Waals surface area contributed by atoms with Crippen LogP contribution in [0.3, 0.4) is 0 Å². The lowest BCUT2D eigenvalue weighted by Gasteiger charge is -2.17. The van der Waals surface area contributed by atoms with Gasteiger partial charge >= 0.3 is 0 Å². The maximum absolute atomic E-state index is 12.8. The van der Waals surface area contributed by atoms with Gasteiger partial charge in [0.05, 0.1) is 35.3 Å². The van der Waals surface area contributed by atoms with Crippen LogP contribution in [0.25, 0.3) is 27.9 Å². The molecule has 0 atom stereocenters. The molecule has 2 aromatic heterocycles. The lowest BCUT2D eigenvalue weighted by Crippen LogP contribution is -2.26. The summed E-state index contributed by atoms with van der Waals surface area (Å²) in [7, 11) is 0. The molecule has 2 aliphatic rings. The molecule has 0 saturated heterocycles. The fourth-order valence-corrected chi connectivity index (χ4v) is 3.52. The SMILES string of the molecule is CC1=COCc2c1cc1n(c2=O)Cc2cc3ccccc3nc2-1. The molecule has 23 heavy (non-hydrogen) atoms. The zero-order valence-corrected chi connectivity index (χ0v) is 12.7. The molecule has 4 heteroatoms. The summed E-state index contributed by atoms with van der Waals surface area (Å²) in [5, 5.41) is 1.11. The van der Waals surface area contributed by atoms with Crippen molar-refractivity contribution >= 4 is 16.5 Å². The molecule has 0 aliphatic carbocycles. The van der Waals surface area contributed by atoms with Crippen molar-refractivity contribution in [2.75, 3.05) is 0 Å². The molecule has 0 spiro atoms. The van der Waals surface area contributed by atoms with Crippen LogP contribution in [0.4, 0.5) is 0 Å². The van der Waals surface area contributed by atoms with Gasteiger partial charge in [0.2, 0.25) is 0 Å². The highest BCUT2D eigenvalue weighted by atomic mass is 16.5. The minimum absolute atomic E-state index is 0.0343. The van der Waals surface area contributed by atoms with Gasteiger partial charge in [0.15, 0.2) is 0 Å². The van der Waals surface area contributed by atoms with E-state index in [0.29, 0.717) is 13.2 Å². The van der Waals surface area contributed by atoms with Gasteiger partial charge in [-0.05, 0) is 36.3 Å². The number of pyridine rings is 2. The summed E-state index contributed by atoms with van der Waals surface area (Å²) < 4.78 is 7.21. The molecule has 0 unspecified atom stereocenters. The van der Waals surface area contributed by atoms with E-state index < -0.39 is 0 Å². The highest BCUT2D eigenvalue weighted by molar-refractivity contribution is 5.84. The predicted molar refractivity (Wildman–Crippen MR) is 89.0 cm³/mol. The van der Waals surface area contributed by atoms with Crippen LogP contribution >= 0.6 is 0 Å². The van der Waals surface area contributed by atoms with Crippen molar-refractivity contribution in [1.82, 2.24) is 9.55 Å². The van der Waals surface area contributed by atoms with Gasteiger partial charge in [0, 0.05) is 10.9 Å². The van der Waals surface area contributed by atoms with Crippen molar-refractivity contribution in [3.8, 4) is 11.4 Å². The standard InChI is InChI=1S/C19H14N2O2/c1-11-9-23-10-15-14(11)7-17-18-13(8-21(17)19(15)22)6-12-4-2-3-5-16(12)20-18/h2-7,9H,8,10H2,1H3. The Balaban J connectivity index is 1.83. The van der Waals surface area contributed by atoms with E-state index in [1.54, 1.807) is 6.26 Å². The second-order valence-corrected chi connectivity index (χ2v) is 6.11. The first kappa shape index (κ1) is 12.6. The van der Waals surface area contributed by atoms with Crippen molar-refractivity contribution in [1.29, 1.82) is 0 Å². The van der Waals surface area contributed by atoms with E-state index in [-0.39, 0.29) is 5.56 Å². The highest BCUT2D eigenvalue weighted by Gasteiger charge is 2.26. The lowest BCUT2D eigenvalue weighted by atomic mass is 10.0. The number of ether oxygens (including phenoxy) is 1. The van der Waals surface area contributed by atoms with Crippen LogP contribution in [0.2, 0.25) is 0 Å². The largest absolute Gasteiger partial charge is 0.496 e. The topological polar surface area (TPSA) is 44.1 Å². The minimum atomic E-state index is 0.0343. The molecule has 0 N–H and O–H groups in total. The van der Waals surface area contributed by atoms with E-state index in [4.69, 9.17) is 9.72 Å². The molecule has 0 amide bonds. The number of para-hydroxylation sites is 1. The Morgan fingerprint density at radius 2 is 2.09 bits per heavy atom. The number of allylic oxidation sites excluding steroid dienone is 1. The smallest absolute Gasteiger partial charge is 0.258 e. The molecule has 0 saturated carbocycles. The van der Waals surface area contributed by atoms with Crippen LogP contribution in [0.15, 0.2) is 47.5 Å². The van der Waals surface area contributed by atoms with Gasteiger partial charge in [-0.15, -0.1) is 0 Å². The number of hydrogen-bond acceptors (Lipinski definition) is 3. The number of benzene rings is 1. The second kappa shape index (κ2) is 4.32. The Labute approximate surface area is 132 Å². The fraction of sp³-hybridized carbons (Fsp3) is 0.158. The second-order valence-electron chi connectivity index (χ2n) is 6.11. The number of fused-ring (bicyclic) bond motifs is 5. The molecule has 5 rings (SSSR count). The van der Waals surface area contributed by atoms with E-state index in [2.05, 4.69) is 18.2 Å². The van der Waals surface area contributed by atoms with E-state index in [1.807, 2.05) is 29.7 Å². The summed E-state index contributed by atoms with van der Waals surface area (Å²) >= 11 is 0. The van der Waals surface area contributed by atoms with Crippen LogP contribution in [-0.2, 0) is 17.9 Å². The average molecular weight is 302 g/mol. The predicted octanol–water partition coefficient (Wildman–Crippen LogP) is 3.32. The van der Waals surface area contributed by atoms with E-state index in [9.17, 15) is 4.79 Å². The quantitative estimate of drug-likeness (QED) is 0.500. The first-order valence-electron chi connectivity index (χ1n) is 7.67. The molecule has 0 bridgehead atoms. The normalized spacial score (nSPS) is 14.7.